The molecule has 9 nitrogen and oxygen atoms in total. The fraction of sp³-hybridized carbons (Fsp3) is 0.448. The Balaban J connectivity index is 1.97. The molecule has 3 aromatic rings. The van der Waals surface area contributed by atoms with Gasteiger partial charge in [-0.05, 0) is 64.3 Å². The van der Waals surface area contributed by atoms with Crippen LogP contribution < -0.4 is 16.2 Å². The Hall–Kier alpha value is -3.88. The topological polar surface area (TPSA) is 112 Å². The van der Waals surface area contributed by atoms with E-state index in [9.17, 15) is 14.4 Å². The van der Waals surface area contributed by atoms with Gasteiger partial charge in [-0.15, -0.1) is 0 Å². The lowest BCUT2D eigenvalue weighted by Crippen LogP contribution is -2.37. The number of ether oxygens (including phenoxy) is 2. The number of para-hydroxylation sites is 1. The molecule has 1 unspecified atom stereocenters. The molecule has 1 aromatic heterocycles. The average molecular weight is 523 g/mol. The van der Waals surface area contributed by atoms with Crippen molar-refractivity contribution in [2.24, 2.45) is 0 Å². The van der Waals surface area contributed by atoms with Crippen LogP contribution in [0.15, 0.2) is 53.3 Å². The molecule has 0 saturated heterocycles. The molecule has 0 saturated carbocycles. The van der Waals surface area contributed by atoms with Gasteiger partial charge in [0.25, 0.3) is 5.56 Å². The Morgan fingerprint density at radius 3 is 2.42 bits per heavy atom. The minimum Gasteiger partial charge on any atom is -0.469 e. The molecule has 3 rings (SSSR count). The summed E-state index contributed by atoms with van der Waals surface area (Å²) in [6.45, 7) is 7.97. The number of carbonyl (C=O) groups is 2. The molecule has 0 aliphatic rings. The number of esters is 1. The quantitative estimate of drug-likeness (QED) is 0.252. The van der Waals surface area contributed by atoms with E-state index in [0.29, 0.717) is 47.5 Å². The monoisotopic (exact) mass is 522 g/mol. The Labute approximate surface area is 223 Å². The molecule has 9 heteroatoms. The van der Waals surface area contributed by atoms with E-state index in [2.05, 4.69) is 15.4 Å². The van der Waals surface area contributed by atoms with E-state index in [1.54, 1.807) is 31.4 Å². The highest BCUT2D eigenvalue weighted by Gasteiger charge is 2.25. The van der Waals surface area contributed by atoms with E-state index in [0.717, 1.165) is 19.3 Å². The van der Waals surface area contributed by atoms with Gasteiger partial charge in [0.1, 0.15) is 11.4 Å². The number of methoxy groups -OCH3 is 1. The zero-order chi connectivity index (χ0) is 27.7. The maximum Gasteiger partial charge on any atom is 0.408 e. The lowest BCUT2D eigenvalue weighted by molar-refractivity contribution is -0.140. The summed E-state index contributed by atoms with van der Waals surface area (Å²) >= 11 is 0. The number of unbranched alkanes of at least 4 members (excludes halogenated alkanes) is 2. The van der Waals surface area contributed by atoms with Crippen LogP contribution >= 0.6 is 0 Å². The number of carbonyl (C=O) groups excluding carboxylic acids is 2. The van der Waals surface area contributed by atoms with Crippen molar-refractivity contribution in [3.63, 3.8) is 0 Å². The van der Waals surface area contributed by atoms with E-state index >= 15 is 0 Å². The molecule has 1 amide bonds. The predicted octanol–water partition coefficient (Wildman–Crippen LogP) is 5.51. The summed E-state index contributed by atoms with van der Waals surface area (Å²) in [6.07, 6.45) is 2.78. The van der Waals surface area contributed by atoms with Gasteiger partial charge in [0.2, 0.25) is 0 Å². The van der Waals surface area contributed by atoms with E-state index < -0.39 is 17.7 Å². The lowest BCUT2D eigenvalue weighted by atomic mass is 10.1. The van der Waals surface area contributed by atoms with Crippen LogP contribution in [0.1, 0.15) is 71.7 Å². The lowest BCUT2D eigenvalue weighted by Gasteiger charge is -2.25. The first-order valence-electron chi connectivity index (χ1n) is 13.1. The number of alkyl carbamates (subject to hydrolysis) is 1. The summed E-state index contributed by atoms with van der Waals surface area (Å²) in [7, 11) is 1.39. The Morgan fingerprint density at radius 2 is 1.76 bits per heavy atom. The average Bonchev–Trinajstić information content (AvgIpc) is 2.88. The van der Waals surface area contributed by atoms with E-state index in [-0.39, 0.29) is 11.5 Å². The van der Waals surface area contributed by atoms with Crippen molar-refractivity contribution >= 4 is 28.7 Å². The summed E-state index contributed by atoms with van der Waals surface area (Å²) in [6, 6.07) is 14.3. The number of nitrogens with zero attached hydrogens (tertiary/aromatic N) is 2. The number of benzene rings is 2. The SMILES string of the molecule is CCC(NC(=O)OC(C)(C)C)c1nc2cccc(NCCCCCC(=O)OC)c2c(=O)n1-c1ccccc1. The summed E-state index contributed by atoms with van der Waals surface area (Å²) in [4.78, 5) is 42.8. The van der Waals surface area contributed by atoms with Crippen LogP contribution in [-0.4, -0.2) is 40.9 Å². The molecular formula is C29H38N4O5. The normalized spacial score (nSPS) is 12.1. The number of anilines is 1. The zero-order valence-electron chi connectivity index (χ0n) is 22.9. The van der Waals surface area contributed by atoms with Gasteiger partial charge >= 0.3 is 12.1 Å². The van der Waals surface area contributed by atoms with Crippen LogP contribution in [0.5, 0.6) is 0 Å². The number of amides is 1. The minimum atomic E-state index is -0.655. The second-order valence-corrected chi connectivity index (χ2v) is 10.1. The molecule has 0 bridgehead atoms. The van der Waals surface area contributed by atoms with Gasteiger partial charge < -0.3 is 20.1 Å². The van der Waals surface area contributed by atoms with Crippen LogP contribution in [0.2, 0.25) is 0 Å². The summed E-state index contributed by atoms with van der Waals surface area (Å²) in [5.41, 5.74) is 1.01. The number of hydrogen-bond acceptors (Lipinski definition) is 7. The van der Waals surface area contributed by atoms with Crippen LogP contribution in [0.25, 0.3) is 16.6 Å². The number of aromatic nitrogens is 2. The summed E-state index contributed by atoms with van der Waals surface area (Å²) in [5.74, 6) is 0.226. The third kappa shape index (κ3) is 7.57. The maximum atomic E-state index is 14.0. The summed E-state index contributed by atoms with van der Waals surface area (Å²) < 4.78 is 11.7. The molecule has 1 atom stereocenters. The van der Waals surface area contributed by atoms with Crippen molar-refractivity contribution in [2.45, 2.75) is 71.4 Å². The largest absolute Gasteiger partial charge is 0.469 e. The molecule has 2 N–H and O–H groups in total. The van der Waals surface area contributed by atoms with Gasteiger partial charge in [-0.1, -0.05) is 37.6 Å². The molecule has 204 valence electrons. The Bertz CT molecular complexity index is 1300. The molecule has 0 spiro atoms. The number of rotatable bonds is 11. The third-order valence-electron chi connectivity index (χ3n) is 5.95. The second-order valence-electron chi connectivity index (χ2n) is 10.1. The highest BCUT2D eigenvalue weighted by molar-refractivity contribution is 5.91. The van der Waals surface area contributed by atoms with E-state index in [1.165, 1.54) is 7.11 Å². The number of nitrogens with one attached hydrogen (secondary N) is 2. The van der Waals surface area contributed by atoms with Crippen molar-refractivity contribution in [3.05, 3.63) is 64.7 Å². The molecule has 0 fully saturated rings. The predicted molar refractivity (Wildman–Crippen MR) is 149 cm³/mol. The van der Waals surface area contributed by atoms with Crippen molar-refractivity contribution in [1.82, 2.24) is 14.9 Å². The van der Waals surface area contributed by atoms with Crippen LogP contribution in [-0.2, 0) is 14.3 Å². The van der Waals surface area contributed by atoms with Gasteiger partial charge in [0, 0.05) is 18.7 Å². The molecule has 38 heavy (non-hydrogen) atoms. The fourth-order valence-corrected chi connectivity index (χ4v) is 4.15. The Kier molecular flexibility index (Phi) is 9.87. The first kappa shape index (κ1) is 28.7. The smallest absolute Gasteiger partial charge is 0.408 e. The van der Waals surface area contributed by atoms with E-state index in [4.69, 9.17) is 9.72 Å². The summed E-state index contributed by atoms with van der Waals surface area (Å²) in [5, 5.41) is 6.73. The van der Waals surface area contributed by atoms with Gasteiger partial charge in [0.05, 0.1) is 29.7 Å². The van der Waals surface area contributed by atoms with Crippen LogP contribution in [0.4, 0.5) is 10.5 Å². The van der Waals surface area contributed by atoms with Gasteiger partial charge in [-0.25, -0.2) is 9.78 Å². The minimum absolute atomic E-state index is 0.207. The van der Waals surface area contributed by atoms with Crippen molar-refractivity contribution in [2.75, 3.05) is 19.0 Å². The molecule has 2 aromatic carbocycles. The van der Waals surface area contributed by atoms with Crippen LogP contribution in [0.3, 0.4) is 0 Å². The fourth-order valence-electron chi connectivity index (χ4n) is 4.15. The van der Waals surface area contributed by atoms with Crippen molar-refractivity contribution in [1.29, 1.82) is 0 Å². The molecular weight excluding hydrogens is 484 g/mol. The number of hydrogen-bond donors (Lipinski definition) is 2. The first-order valence-corrected chi connectivity index (χ1v) is 13.1. The zero-order valence-corrected chi connectivity index (χ0v) is 22.9. The highest BCUT2D eigenvalue weighted by Crippen LogP contribution is 2.25. The van der Waals surface area contributed by atoms with Gasteiger partial charge in [0.15, 0.2) is 0 Å². The molecule has 0 aliphatic carbocycles. The first-order chi connectivity index (χ1) is 18.1. The number of fused-ring (bicyclic) bond motifs is 1. The molecule has 0 aliphatic heterocycles. The van der Waals surface area contributed by atoms with Gasteiger partial charge in [-0.2, -0.15) is 0 Å². The second kappa shape index (κ2) is 13.1. The standard InChI is InChI=1S/C29H38N4O5/c1-6-21(32-28(36)38-29(2,3)4)26-31-23-17-13-16-22(30-19-12-8-11-18-24(34)37-5)25(23)27(35)33(26)20-14-9-7-10-15-20/h7,9-10,13-17,21,30H,6,8,11-12,18-19H2,1-5H3,(H,32,36). The third-order valence-corrected chi connectivity index (χ3v) is 5.95. The van der Waals surface area contributed by atoms with Crippen molar-refractivity contribution in [3.8, 4) is 5.69 Å². The van der Waals surface area contributed by atoms with Crippen molar-refractivity contribution < 1.29 is 19.1 Å². The maximum absolute atomic E-state index is 14.0. The van der Waals surface area contributed by atoms with Gasteiger partial charge in [-0.3, -0.25) is 14.2 Å². The Morgan fingerprint density at radius 1 is 1.03 bits per heavy atom. The molecule has 0 radical (unpaired) electrons. The van der Waals surface area contributed by atoms with Crippen LogP contribution in [0, 0.1) is 0 Å². The van der Waals surface area contributed by atoms with E-state index in [1.807, 2.05) is 49.4 Å². The molecule has 1 heterocycles. The highest BCUT2D eigenvalue weighted by atomic mass is 16.6.